The molecule has 6 nitrogen and oxygen atoms in total. The number of amides is 1. The summed E-state index contributed by atoms with van der Waals surface area (Å²) in [5, 5.41) is 9.76. The van der Waals surface area contributed by atoms with Crippen LogP contribution in [0.1, 0.15) is 24.8 Å². The molecule has 7 heteroatoms. The molecule has 0 aromatic heterocycles. The van der Waals surface area contributed by atoms with Gasteiger partial charge in [0.05, 0.1) is 6.61 Å². The van der Waals surface area contributed by atoms with E-state index in [0.717, 1.165) is 43.0 Å². The Kier molecular flexibility index (Phi) is 8.66. The number of hydrogen-bond acceptors (Lipinski definition) is 4. The molecule has 0 spiro atoms. The van der Waals surface area contributed by atoms with E-state index in [4.69, 9.17) is 32.6 Å². The molecule has 0 bridgehead atoms. The van der Waals surface area contributed by atoms with Crippen LogP contribution in [-0.2, 0) is 15.9 Å². The first-order chi connectivity index (χ1) is 15.5. The lowest BCUT2D eigenvalue weighted by Gasteiger charge is -2.31. The Morgan fingerprint density at radius 3 is 2.94 bits per heavy atom. The zero-order valence-electron chi connectivity index (χ0n) is 18.3. The predicted molar refractivity (Wildman–Crippen MR) is 127 cm³/mol. The molecule has 1 aromatic rings. The molecule has 170 valence electrons. The number of hydrogen-bond donors (Lipinski definition) is 1. The van der Waals surface area contributed by atoms with Gasteiger partial charge in [0.1, 0.15) is 19.0 Å². The first-order valence-electron chi connectivity index (χ1n) is 10.7. The lowest BCUT2D eigenvalue weighted by Crippen LogP contribution is -2.29. The number of terminal acetylenes is 1. The monoisotopic (exact) mass is 456 g/mol. The largest absolute Gasteiger partial charge is 0.495 e. The highest BCUT2D eigenvalue weighted by molar-refractivity contribution is 6.30. The van der Waals surface area contributed by atoms with Gasteiger partial charge in [-0.25, -0.2) is 4.79 Å². The van der Waals surface area contributed by atoms with Gasteiger partial charge in [-0.05, 0) is 54.7 Å². The summed E-state index contributed by atoms with van der Waals surface area (Å²) in [5.41, 5.74) is 4.66. The van der Waals surface area contributed by atoms with Crippen LogP contribution in [0, 0.1) is 12.3 Å². The number of allylic oxidation sites excluding steroid dienone is 5. The third-order valence-corrected chi connectivity index (χ3v) is 5.71. The molecule has 1 aliphatic heterocycles. The van der Waals surface area contributed by atoms with Crippen molar-refractivity contribution in [2.75, 3.05) is 44.9 Å². The zero-order valence-corrected chi connectivity index (χ0v) is 19.1. The molecule has 0 saturated carbocycles. The molecule has 2 aliphatic rings. The number of anilines is 1. The minimum atomic E-state index is -0.903. The van der Waals surface area contributed by atoms with Crippen molar-refractivity contribution in [3.05, 3.63) is 64.0 Å². The summed E-state index contributed by atoms with van der Waals surface area (Å²) in [7, 11) is 1.59. The Hall–Kier alpha value is -2.88. The lowest BCUT2D eigenvalue weighted by atomic mass is 10.0. The average Bonchev–Trinajstić information content (AvgIpc) is 2.92. The van der Waals surface area contributed by atoms with Gasteiger partial charge < -0.3 is 24.4 Å². The number of carboxylic acid groups (broad SMARTS) is 1. The van der Waals surface area contributed by atoms with Gasteiger partial charge in [0.2, 0.25) is 0 Å². The van der Waals surface area contributed by atoms with Crippen LogP contribution in [0.2, 0.25) is 5.02 Å². The second kappa shape index (κ2) is 11.7. The molecule has 0 fully saturated rings. The molecule has 1 amide bonds. The summed E-state index contributed by atoms with van der Waals surface area (Å²) in [6.45, 7) is 2.48. The fraction of sp³-hybridized carbons (Fsp3) is 0.400. The van der Waals surface area contributed by atoms with Gasteiger partial charge in [-0.2, -0.15) is 0 Å². The fourth-order valence-electron chi connectivity index (χ4n) is 3.80. The van der Waals surface area contributed by atoms with Crippen LogP contribution < -0.4 is 4.90 Å². The summed E-state index contributed by atoms with van der Waals surface area (Å²) >= 11 is 6.33. The Bertz CT molecular complexity index is 961. The topological polar surface area (TPSA) is 62.2 Å². The van der Waals surface area contributed by atoms with E-state index in [1.807, 2.05) is 18.2 Å². The van der Waals surface area contributed by atoms with Gasteiger partial charge in [-0.3, -0.25) is 0 Å². The molecule has 1 heterocycles. The van der Waals surface area contributed by atoms with E-state index < -0.39 is 6.09 Å². The highest BCUT2D eigenvalue weighted by Gasteiger charge is 2.24. The molecule has 1 N–H and O–H groups in total. The number of benzene rings is 1. The van der Waals surface area contributed by atoms with Crippen molar-refractivity contribution in [1.29, 1.82) is 0 Å². The van der Waals surface area contributed by atoms with E-state index in [9.17, 15) is 4.79 Å². The third kappa shape index (κ3) is 6.32. The maximum Gasteiger partial charge on any atom is 0.407 e. The molecular weight excluding hydrogens is 428 g/mol. The van der Waals surface area contributed by atoms with Crippen molar-refractivity contribution in [3.8, 4) is 12.3 Å². The standard InChI is InChI=1S/C25H29ClN2O4/c1-3-14-31-15-16-32-22-10-11-23-20(17-22)7-6-19-8-9-21(26)18-24(19)28(23)13-5-4-12-27(2)25(29)30/h1,7-11,18H,4-6,12-17H2,2H3,(H,29,30). The lowest BCUT2D eigenvalue weighted by molar-refractivity contribution is 0.0919. The fourth-order valence-corrected chi connectivity index (χ4v) is 3.96. The van der Waals surface area contributed by atoms with E-state index >= 15 is 0 Å². The smallest absolute Gasteiger partial charge is 0.407 e. The van der Waals surface area contributed by atoms with Crippen molar-refractivity contribution < 1.29 is 19.4 Å². The minimum absolute atomic E-state index is 0.287. The van der Waals surface area contributed by atoms with Gasteiger partial charge in [-0.1, -0.05) is 29.7 Å². The number of halogens is 1. The van der Waals surface area contributed by atoms with Crippen LogP contribution in [0.5, 0.6) is 0 Å². The Balaban J connectivity index is 1.74. The molecule has 0 atom stereocenters. The van der Waals surface area contributed by atoms with Gasteiger partial charge in [0, 0.05) is 43.0 Å². The van der Waals surface area contributed by atoms with Gasteiger partial charge in [-0.15, -0.1) is 6.42 Å². The Morgan fingerprint density at radius 1 is 1.31 bits per heavy atom. The van der Waals surface area contributed by atoms with E-state index in [1.54, 1.807) is 7.05 Å². The second-order valence-electron chi connectivity index (χ2n) is 7.74. The third-order valence-electron chi connectivity index (χ3n) is 5.47. The number of nitrogens with zero attached hydrogens (tertiary/aromatic N) is 2. The number of ether oxygens (including phenoxy) is 2. The maximum absolute atomic E-state index is 11.0. The zero-order chi connectivity index (χ0) is 22.9. The predicted octanol–water partition coefficient (Wildman–Crippen LogP) is 4.86. The van der Waals surface area contributed by atoms with Crippen LogP contribution in [0.4, 0.5) is 10.5 Å². The van der Waals surface area contributed by atoms with E-state index in [1.165, 1.54) is 16.0 Å². The molecule has 32 heavy (non-hydrogen) atoms. The second-order valence-corrected chi connectivity index (χ2v) is 8.17. The van der Waals surface area contributed by atoms with Crippen molar-refractivity contribution in [3.63, 3.8) is 0 Å². The molecule has 1 aliphatic carbocycles. The number of carbonyl (C=O) groups is 1. The first kappa shape index (κ1) is 23.8. The van der Waals surface area contributed by atoms with E-state index in [0.29, 0.717) is 31.2 Å². The highest BCUT2D eigenvalue weighted by Crippen LogP contribution is 2.38. The quantitative estimate of drug-likeness (QED) is 0.402. The van der Waals surface area contributed by atoms with Crippen LogP contribution >= 0.6 is 11.6 Å². The highest BCUT2D eigenvalue weighted by atomic mass is 35.5. The first-order valence-corrected chi connectivity index (χ1v) is 11.1. The normalized spacial score (nSPS) is 14.8. The molecule has 1 aromatic carbocycles. The summed E-state index contributed by atoms with van der Waals surface area (Å²) in [4.78, 5) is 14.6. The summed E-state index contributed by atoms with van der Waals surface area (Å²) < 4.78 is 11.2. The Morgan fingerprint density at radius 2 is 2.16 bits per heavy atom. The minimum Gasteiger partial charge on any atom is -0.495 e. The molecular formula is C25H29ClN2O4. The van der Waals surface area contributed by atoms with Crippen molar-refractivity contribution in [2.45, 2.75) is 25.7 Å². The van der Waals surface area contributed by atoms with Crippen molar-refractivity contribution in [2.24, 2.45) is 0 Å². The molecule has 3 rings (SSSR count). The van der Waals surface area contributed by atoms with Gasteiger partial charge in [0.25, 0.3) is 0 Å². The van der Waals surface area contributed by atoms with E-state index in [-0.39, 0.29) is 6.61 Å². The SMILES string of the molecule is C#CCOCCOC1=CC=C2C(=CCc3ccc(Cl)cc3N2CCCCN(C)C(=O)O)C1. The number of rotatable bonds is 10. The number of fused-ring (bicyclic) bond motifs is 2. The number of unbranched alkanes of at least 4 members (excludes halogenated alkanes) is 1. The molecule has 0 unspecified atom stereocenters. The molecule has 0 radical (unpaired) electrons. The van der Waals surface area contributed by atoms with Crippen molar-refractivity contribution >= 4 is 23.4 Å². The summed E-state index contributed by atoms with van der Waals surface area (Å²) in [6.07, 6.45) is 13.8. The average molecular weight is 457 g/mol. The van der Waals surface area contributed by atoms with E-state index in [2.05, 4.69) is 29.0 Å². The van der Waals surface area contributed by atoms with Crippen LogP contribution in [0.15, 0.2) is 53.5 Å². The van der Waals surface area contributed by atoms with Crippen LogP contribution in [0.3, 0.4) is 0 Å². The summed E-state index contributed by atoms with van der Waals surface area (Å²) in [6, 6.07) is 6.01. The Labute approximate surface area is 194 Å². The van der Waals surface area contributed by atoms with Gasteiger partial charge >= 0.3 is 6.09 Å². The summed E-state index contributed by atoms with van der Waals surface area (Å²) in [5.74, 6) is 3.34. The van der Waals surface area contributed by atoms with Crippen LogP contribution in [-0.4, -0.2) is 56.1 Å². The molecule has 0 saturated heterocycles. The van der Waals surface area contributed by atoms with Gasteiger partial charge in [0.15, 0.2) is 0 Å². The van der Waals surface area contributed by atoms with Crippen LogP contribution in [0.25, 0.3) is 0 Å². The van der Waals surface area contributed by atoms with Crippen molar-refractivity contribution in [1.82, 2.24) is 4.90 Å². The maximum atomic E-state index is 11.0.